The van der Waals surface area contributed by atoms with Crippen molar-refractivity contribution in [2.24, 2.45) is 0 Å². The second-order valence-corrected chi connectivity index (χ2v) is 0. The average Bonchev–Trinajstić information content (AvgIpc) is 0. The van der Waals surface area contributed by atoms with E-state index in [9.17, 15) is 0 Å². The van der Waals surface area contributed by atoms with Crippen LogP contribution in [0.2, 0.25) is 0 Å². The van der Waals surface area contributed by atoms with Crippen molar-refractivity contribution in [3.05, 3.63) is 7.43 Å². The van der Waals surface area contributed by atoms with Gasteiger partial charge in [-0.1, -0.05) is 0 Å². The second kappa shape index (κ2) is 114. The van der Waals surface area contributed by atoms with Crippen LogP contribution in [0.5, 0.6) is 0 Å². The fourth-order valence-corrected chi connectivity index (χ4v) is 0. The summed E-state index contributed by atoms with van der Waals surface area (Å²) in [5.74, 6) is 0. The summed E-state index contributed by atoms with van der Waals surface area (Å²) in [6, 6.07) is 0. The van der Waals surface area contributed by atoms with E-state index in [0.717, 1.165) is 0 Å². The van der Waals surface area contributed by atoms with Gasteiger partial charge in [0.15, 0.2) is 0 Å². The molecule has 1 nitrogen and oxygen atoms in total. The molecule has 0 N–H and O–H groups in total. The van der Waals surface area contributed by atoms with E-state index in [2.05, 4.69) is 0 Å². The van der Waals surface area contributed by atoms with Crippen LogP contribution in [0, 0.1) is 7.43 Å². The van der Waals surface area contributed by atoms with Gasteiger partial charge < -0.3 is 0 Å². The van der Waals surface area contributed by atoms with Gasteiger partial charge in [-0.05, 0) is 0 Å². The van der Waals surface area contributed by atoms with Crippen molar-refractivity contribution in [2.75, 3.05) is 0 Å². The molecule has 27 valence electrons. The van der Waals surface area contributed by atoms with Gasteiger partial charge in [-0.3, -0.25) is 4.70 Å². The minimum atomic E-state index is 0. The van der Waals surface area contributed by atoms with Crippen molar-refractivity contribution in [2.45, 2.75) is 0 Å². The van der Waals surface area contributed by atoms with E-state index in [0.29, 0.717) is 0 Å². The monoisotopic (exact) mass is 107 g/mol. The third kappa shape index (κ3) is 61.5. The highest BCUT2D eigenvalue weighted by Gasteiger charge is 0.00301. The van der Waals surface area contributed by atoms with E-state index >= 15 is 0 Å². The van der Waals surface area contributed by atoms with Crippen molar-refractivity contribution in [1.29, 1.82) is 0 Å². The van der Waals surface area contributed by atoms with Crippen molar-refractivity contribution in [1.82, 2.24) is 0 Å². The molecule has 0 aliphatic carbocycles. The third-order valence-corrected chi connectivity index (χ3v) is 0. The van der Waals surface area contributed by atoms with Gasteiger partial charge in [-0.25, -0.2) is 0 Å². The molecule has 0 spiro atoms. The first-order valence-corrected chi connectivity index (χ1v) is 0. The molecule has 0 fully saturated rings. The first-order valence-electron chi connectivity index (χ1n) is 0. The normalized spacial score (nSPS) is 0. The quantitative estimate of drug-likeness (QED) is 0.400. The molecule has 0 saturated heterocycles. The maximum atomic E-state index is 0. The zero-order valence-corrected chi connectivity index (χ0v) is 4.27. The van der Waals surface area contributed by atoms with Crippen LogP contribution in [0.15, 0.2) is 0 Å². The first-order chi connectivity index (χ1) is 0. The lowest BCUT2D eigenvalue weighted by atomic mass is 12.0. The predicted molar refractivity (Wildman–Crippen MR) is 19.8 cm³/mol. The van der Waals surface area contributed by atoms with E-state index in [4.69, 9.17) is 0 Å². The largest absolute Gasteiger partial charge is 0.269 e. The van der Waals surface area contributed by atoms with Crippen LogP contribution in [-0.2, 0) is 5.48 Å². The van der Waals surface area contributed by atoms with Crippen molar-refractivity contribution >= 4 is 30.9 Å². The van der Waals surface area contributed by atoms with Crippen LogP contribution >= 0.6 is 13.5 Å². The molecule has 0 heterocycles. The fourth-order valence-electron chi connectivity index (χ4n) is 0. The molecule has 0 aliphatic heterocycles. The summed E-state index contributed by atoms with van der Waals surface area (Å²) in [7, 11) is 0. The van der Waals surface area contributed by atoms with Crippen molar-refractivity contribution in [3.8, 4) is 0 Å². The minimum Gasteiger partial charge on any atom is -0.269 e. The Kier molecular flexibility index (Phi) is 5020. The van der Waals surface area contributed by atoms with E-state index in [-0.39, 0.29) is 48.5 Å². The molecule has 0 rings (SSSR count). The van der Waals surface area contributed by atoms with Crippen LogP contribution in [0.25, 0.3) is 0 Å². The predicted octanol–water partition coefficient (Wildman–Crippen LogP) is 0.382. The fraction of sp³-hybridized carbons (Fsp3) is 0. The lowest BCUT2D eigenvalue weighted by Crippen LogP contribution is -0.381. The number of hydrogen-bond acceptors (Lipinski definition) is 0. The summed E-state index contributed by atoms with van der Waals surface area (Å²) in [6.07, 6.45) is 0. The average molecular weight is 107 g/mol. The van der Waals surface area contributed by atoms with Crippen LogP contribution < -0.4 is 0 Å². The van der Waals surface area contributed by atoms with Gasteiger partial charge in [0, 0.05) is 43.8 Å². The lowest BCUT2D eigenvalue weighted by Gasteiger charge is -0.269. The zero-order chi connectivity index (χ0) is 0. The maximum absolute atomic E-state index is 0. The Bertz CT molecular complexity index is 11.6. The smallest absolute Gasteiger partial charge is 0 e. The Morgan fingerprint density at radius 1 is 1.00 bits per heavy atom. The molecule has 0 aromatic rings. The summed E-state index contributed by atoms with van der Waals surface area (Å²) >= 11 is 0. The number of halogens is 1. The van der Waals surface area contributed by atoms with Crippen LogP contribution in [-0.4, -0.2) is 17.4 Å². The molecular weight excluding hydrogens is 106 g/mol. The molecular formula is CHAlFOS. The first kappa shape index (κ1) is 220. The Labute approximate surface area is 49.0 Å². The standard InChI is InChI=1S/C.Al.FH.O.S/h;;1H;;. The minimum absolute atomic E-state index is 0. The van der Waals surface area contributed by atoms with Gasteiger partial charge in [0.05, 0.1) is 0 Å². The van der Waals surface area contributed by atoms with E-state index in [1.165, 1.54) is 0 Å². The van der Waals surface area contributed by atoms with Gasteiger partial charge in [-0.2, -0.15) is 0 Å². The van der Waals surface area contributed by atoms with Crippen LogP contribution in [0.3, 0.4) is 0 Å². The molecule has 0 saturated carbocycles. The van der Waals surface area contributed by atoms with Crippen molar-refractivity contribution in [3.63, 3.8) is 0 Å². The summed E-state index contributed by atoms with van der Waals surface area (Å²) < 4.78 is 0. The van der Waals surface area contributed by atoms with Gasteiger partial charge in [0.1, 0.15) is 0 Å². The Morgan fingerprint density at radius 2 is 1.00 bits per heavy atom. The molecule has 0 bridgehead atoms. The lowest BCUT2D eigenvalue weighted by molar-refractivity contribution is 0.686. The van der Waals surface area contributed by atoms with Crippen LogP contribution in [0.4, 0.5) is 4.70 Å². The molecule has 0 unspecified atom stereocenters. The van der Waals surface area contributed by atoms with Gasteiger partial charge in [-0.15, -0.1) is 0 Å². The van der Waals surface area contributed by atoms with Crippen LogP contribution in [0.1, 0.15) is 0 Å². The second-order valence-electron chi connectivity index (χ2n) is 0. The third-order valence-electron chi connectivity index (χ3n) is 0. The van der Waals surface area contributed by atoms with E-state index < -0.39 is 0 Å². The van der Waals surface area contributed by atoms with Gasteiger partial charge in [0.2, 0.25) is 0 Å². The summed E-state index contributed by atoms with van der Waals surface area (Å²) in [5, 5.41) is 0. The summed E-state index contributed by atoms with van der Waals surface area (Å²) in [5.41, 5.74) is 0. The summed E-state index contributed by atoms with van der Waals surface area (Å²) in [6.45, 7) is 0. The number of rotatable bonds is 0. The topological polar surface area (TPSA) is 28.5 Å². The molecule has 11 radical (unpaired) electrons. The summed E-state index contributed by atoms with van der Waals surface area (Å²) in [4.78, 5) is 0. The van der Waals surface area contributed by atoms with E-state index in [1.54, 1.807) is 0 Å². The molecule has 0 aromatic carbocycles. The SMILES string of the molecule is F.[Al].[C].[O].[S]. The Balaban J connectivity index is 0. The maximum Gasteiger partial charge on any atom is 0 e. The molecule has 0 aliphatic rings. The highest BCUT2D eigenvalue weighted by Crippen LogP contribution is 0.648. The molecule has 0 atom stereocenters. The van der Waals surface area contributed by atoms with Gasteiger partial charge in [0.25, 0.3) is 0 Å². The highest BCUT2D eigenvalue weighted by molar-refractivity contribution is 7.59. The van der Waals surface area contributed by atoms with E-state index in [1.807, 2.05) is 0 Å². The Morgan fingerprint density at radius 3 is 1.00 bits per heavy atom. The molecule has 0 aromatic heterocycles. The Hall–Kier alpha value is 0.772. The van der Waals surface area contributed by atoms with Crippen molar-refractivity contribution < 1.29 is 10.2 Å². The molecule has 4 heteroatoms. The molecule has 5 heavy (non-hydrogen) atoms. The van der Waals surface area contributed by atoms with Gasteiger partial charge >= 0.3 is 0 Å². The zero-order valence-electron chi connectivity index (χ0n) is 2.30. The molecule has 0 amide bonds. The number of hydrogen-bond donors (Lipinski definition) is 0. The highest BCUT2D eigenvalue weighted by atomic mass is 32.1.